The highest BCUT2D eigenvalue weighted by molar-refractivity contribution is 5.81. The molecular weight excluding hydrogens is 252 g/mol. The molecule has 5 nitrogen and oxygen atoms in total. The van der Waals surface area contributed by atoms with Gasteiger partial charge in [-0.25, -0.2) is 0 Å². The number of hydrogen-bond acceptors (Lipinski definition) is 3. The summed E-state index contributed by atoms with van der Waals surface area (Å²) in [7, 11) is 1.95. The number of carbonyl (C=O) groups is 1. The Labute approximate surface area is 122 Å². The molecule has 1 amide bonds. The van der Waals surface area contributed by atoms with E-state index in [1.807, 2.05) is 44.3 Å². The Hall–Kier alpha value is -1.36. The summed E-state index contributed by atoms with van der Waals surface area (Å²) in [6, 6.07) is -0.0814. The van der Waals surface area contributed by atoms with Crippen LogP contribution in [0, 0.1) is 13.8 Å². The predicted molar refractivity (Wildman–Crippen MR) is 81.6 cm³/mol. The molecule has 20 heavy (non-hydrogen) atoms. The van der Waals surface area contributed by atoms with Crippen LogP contribution in [0.1, 0.15) is 50.7 Å². The van der Waals surface area contributed by atoms with Gasteiger partial charge in [0.15, 0.2) is 0 Å². The number of aromatic nitrogens is 2. The van der Waals surface area contributed by atoms with Crippen LogP contribution in [0.4, 0.5) is 0 Å². The Morgan fingerprint density at radius 2 is 1.85 bits per heavy atom. The van der Waals surface area contributed by atoms with Gasteiger partial charge >= 0.3 is 0 Å². The van der Waals surface area contributed by atoms with E-state index >= 15 is 0 Å². The smallest absolute Gasteiger partial charge is 0.239 e. The molecule has 0 saturated heterocycles. The number of aryl methyl sites for hydroxylation is 2. The van der Waals surface area contributed by atoms with E-state index in [-0.39, 0.29) is 18.0 Å². The molecule has 114 valence electrons. The first-order valence-electron chi connectivity index (χ1n) is 7.38. The second kappa shape index (κ2) is 6.88. The van der Waals surface area contributed by atoms with Gasteiger partial charge in [-0.15, -0.1) is 0 Å². The van der Waals surface area contributed by atoms with E-state index in [2.05, 4.69) is 24.3 Å². The summed E-state index contributed by atoms with van der Waals surface area (Å²) in [6.45, 7) is 13.6. The maximum absolute atomic E-state index is 12.3. The van der Waals surface area contributed by atoms with E-state index < -0.39 is 0 Å². The number of nitrogens with zero attached hydrogens (tertiary/aromatic N) is 3. The zero-order valence-electron chi connectivity index (χ0n) is 13.8. The fourth-order valence-electron chi connectivity index (χ4n) is 2.76. The van der Waals surface area contributed by atoms with Crippen LogP contribution in [0.3, 0.4) is 0 Å². The van der Waals surface area contributed by atoms with Crippen molar-refractivity contribution in [3.05, 3.63) is 17.0 Å². The van der Waals surface area contributed by atoms with E-state index in [0.29, 0.717) is 0 Å². The molecule has 0 aliphatic rings. The molecule has 0 aliphatic heterocycles. The van der Waals surface area contributed by atoms with E-state index in [9.17, 15) is 4.79 Å². The lowest BCUT2D eigenvalue weighted by Gasteiger charge is -2.26. The van der Waals surface area contributed by atoms with Gasteiger partial charge in [-0.05, 0) is 41.5 Å². The molecule has 0 aliphatic carbocycles. The third kappa shape index (κ3) is 3.39. The molecule has 5 heteroatoms. The fraction of sp³-hybridized carbons (Fsp3) is 0.733. The molecule has 0 saturated carbocycles. The number of rotatable bonds is 6. The highest BCUT2D eigenvalue weighted by atomic mass is 16.2. The summed E-state index contributed by atoms with van der Waals surface area (Å²) >= 11 is 0. The van der Waals surface area contributed by atoms with Gasteiger partial charge in [-0.1, -0.05) is 0 Å². The van der Waals surface area contributed by atoms with Crippen LogP contribution in [0.2, 0.25) is 0 Å². The van der Waals surface area contributed by atoms with Crippen LogP contribution in [0.5, 0.6) is 0 Å². The molecule has 0 fully saturated rings. The van der Waals surface area contributed by atoms with Crippen LogP contribution in [-0.2, 0) is 11.8 Å². The van der Waals surface area contributed by atoms with Crippen molar-refractivity contribution in [1.82, 2.24) is 20.0 Å². The van der Waals surface area contributed by atoms with Crippen LogP contribution in [0.15, 0.2) is 0 Å². The van der Waals surface area contributed by atoms with Crippen molar-refractivity contribution in [2.24, 2.45) is 7.05 Å². The molecule has 0 spiro atoms. The second-order valence-electron chi connectivity index (χ2n) is 5.33. The van der Waals surface area contributed by atoms with Crippen molar-refractivity contribution in [2.45, 2.75) is 53.6 Å². The van der Waals surface area contributed by atoms with Gasteiger partial charge in [0.25, 0.3) is 0 Å². The second-order valence-corrected chi connectivity index (χ2v) is 5.33. The summed E-state index contributed by atoms with van der Waals surface area (Å²) in [4.78, 5) is 14.1. The lowest BCUT2D eigenvalue weighted by Crippen LogP contribution is -2.45. The lowest BCUT2D eigenvalue weighted by molar-refractivity contribution is -0.132. The minimum absolute atomic E-state index is 0.109. The first kappa shape index (κ1) is 16.7. The molecule has 0 aromatic carbocycles. The molecule has 1 aromatic heterocycles. The minimum atomic E-state index is -0.191. The summed E-state index contributed by atoms with van der Waals surface area (Å²) in [6.07, 6.45) is 0. The first-order chi connectivity index (χ1) is 9.33. The van der Waals surface area contributed by atoms with Crippen LogP contribution >= 0.6 is 0 Å². The van der Waals surface area contributed by atoms with Gasteiger partial charge in [-0.3, -0.25) is 14.8 Å². The quantitative estimate of drug-likeness (QED) is 0.866. The standard InChI is InChI=1S/C15H28N4O/c1-8-19(9-2)15(20)12(5)16-10(3)14-11(4)17-18(7)13(14)6/h10,12,16H,8-9H2,1-7H3. The summed E-state index contributed by atoms with van der Waals surface area (Å²) in [5.74, 6) is 0.154. The van der Waals surface area contributed by atoms with E-state index in [4.69, 9.17) is 0 Å². The van der Waals surface area contributed by atoms with Crippen molar-refractivity contribution in [1.29, 1.82) is 0 Å². The van der Waals surface area contributed by atoms with Gasteiger partial charge in [0.05, 0.1) is 11.7 Å². The zero-order valence-corrected chi connectivity index (χ0v) is 13.8. The molecule has 1 N–H and O–H groups in total. The van der Waals surface area contributed by atoms with E-state index in [1.54, 1.807) is 0 Å². The first-order valence-corrected chi connectivity index (χ1v) is 7.38. The molecule has 1 heterocycles. The highest BCUT2D eigenvalue weighted by Gasteiger charge is 2.23. The molecule has 2 unspecified atom stereocenters. The van der Waals surface area contributed by atoms with Gasteiger partial charge in [0, 0.05) is 37.4 Å². The maximum atomic E-state index is 12.3. The largest absolute Gasteiger partial charge is 0.342 e. The number of nitrogens with one attached hydrogen (secondary N) is 1. The summed E-state index contributed by atoms with van der Waals surface area (Å²) < 4.78 is 1.89. The van der Waals surface area contributed by atoms with Crippen molar-refractivity contribution in [2.75, 3.05) is 13.1 Å². The molecule has 1 rings (SSSR count). The average Bonchev–Trinajstić information content (AvgIpc) is 2.64. The fourth-order valence-corrected chi connectivity index (χ4v) is 2.76. The topological polar surface area (TPSA) is 50.2 Å². The number of hydrogen-bond donors (Lipinski definition) is 1. The molecule has 1 aromatic rings. The Morgan fingerprint density at radius 3 is 2.25 bits per heavy atom. The lowest BCUT2D eigenvalue weighted by atomic mass is 10.1. The highest BCUT2D eigenvalue weighted by Crippen LogP contribution is 2.21. The summed E-state index contributed by atoms with van der Waals surface area (Å²) in [5.41, 5.74) is 3.35. The van der Waals surface area contributed by atoms with Crippen molar-refractivity contribution in [3.63, 3.8) is 0 Å². The minimum Gasteiger partial charge on any atom is -0.342 e. The van der Waals surface area contributed by atoms with Gasteiger partial charge in [-0.2, -0.15) is 5.10 Å². The SMILES string of the molecule is CCN(CC)C(=O)C(C)NC(C)c1c(C)nn(C)c1C. The Balaban J connectivity index is 2.80. The van der Waals surface area contributed by atoms with Crippen molar-refractivity contribution < 1.29 is 4.79 Å². The van der Waals surface area contributed by atoms with Crippen LogP contribution < -0.4 is 5.32 Å². The molecule has 0 radical (unpaired) electrons. The normalized spacial score (nSPS) is 14.2. The molecule has 0 bridgehead atoms. The van der Waals surface area contributed by atoms with Gasteiger partial charge < -0.3 is 4.90 Å². The Bertz CT molecular complexity index is 463. The number of likely N-dealkylation sites (N-methyl/N-ethyl adjacent to an activating group) is 1. The Kier molecular flexibility index (Phi) is 5.74. The van der Waals surface area contributed by atoms with E-state index in [0.717, 1.165) is 24.5 Å². The third-order valence-corrected chi connectivity index (χ3v) is 3.94. The zero-order chi connectivity index (χ0) is 15.4. The molecule has 2 atom stereocenters. The van der Waals surface area contributed by atoms with Gasteiger partial charge in [0.1, 0.15) is 0 Å². The predicted octanol–water partition coefficient (Wildman–Crippen LogP) is 1.94. The van der Waals surface area contributed by atoms with Crippen molar-refractivity contribution in [3.8, 4) is 0 Å². The number of carbonyl (C=O) groups excluding carboxylic acids is 1. The van der Waals surface area contributed by atoms with Crippen molar-refractivity contribution >= 4 is 5.91 Å². The van der Waals surface area contributed by atoms with Crippen LogP contribution in [0.25, 0.3) is 0 Å². The Morgan fingerprint density at radius 1 is 1.30 bits per heavy atom. The summed E-state index contributed by atoms with van der Waals surface area (Å²) in [5, 5.41) is 7.83. The van der Waals surface area contributed by atoms with E-state index in [1.165, 1.54) is 5.56 Å². The third-order valence-electron chi connectivity index (χ3n) is 3.94. The maximum Gasteiger partial charge on any atom is 0.239 e. The average molecular weight is 280 g/mol. The van der Waals surface area contributed by atoms with Gasteiger partial charge in [0.2, 0.25) is 5.91 Å². The molecular formula is C15H28N4O. The van der Waals surface area contributed by atoms with Crippen LogP contribution in [-0.4, -0.2) is 39.7 Å². The number of amides is 1. The monoisotopic (exact) mass is 280 g/mol.